The first-order chi connectivity index (χ1) is 17.3. The largest absolute Gasteiger partial charge is 0.496 e. The van der Waals surface area contributed by atoms with E-state index in [-0.39, 0.29) is 11.5 Å². The second-order valence-corrected chi connectivity index (χ2v) is 9.17. The first-order valence-electron chi connectivity index (χ1n) is 11.3. The van der Waals surface area contributed by atoms with Crippen LogP contribution in [0.1, 0.15) is 26.4 Å². The minimum absolute atomic E-state index is 0.210. The molecule has 0 saturated carbocycles. The van der Waals surface area contributed by atoms with Crippen LogP contribution in [0.4, 0.5) is 0 Å². The van der Waals surface area contributed by atoms with E-state index in [0.717, 1.165) is 17.1 Å². The molecule has 1 aliphatic heterocycles. The lowest BCUT2D eigenvalue weighted by molar-refractivity contribution is -0.124. The van der Waals surface area contributed by atoms with Crippen LogP contribution in [0.25, 0.3) is 22.3 Å². The van der Waals surface area contributed by atoms with E-state index in [1.54, 1.807) is 23.2 Å². The fourth-order valence-corrected chi connectivity index (χ4v) is 4.70. The van der Waals surface area contributed by atoms with Gasteiger partial charge >= 0.3 is 0 Å². The monoisotopic (exact) mass is 505 g/mol. The summed E-state index contributed by atoms with van der Waals surface area (Å²) < 4.78 is 7.58. The van der Waals surface area contributed by atoms with Gasteiger partial charge in [-0.2, -0.15) is 0 Å². The van der Waals surface area contributed by atoms with Crippen molar-refractivity contribution in [3.63, 3.8) is 0 Å². The highest BCUT2D eigenvalue weighted by molar-refractivity contribution is 6.44. The highest BCUT2D eigenvalue weighted by Gasteiger charge is 2.28. The number of carbonyl (C=O) groups is 3. The summed E-state index contributed by atoms with van der Waals surface area (Å²) in [7, 11) is 4.53. The van der Waals surface area contributed by atoms with Gasteiger partial charge in [-0.3, -0.25) is 14.4 Å². The second-order valence-electron chi connectivity index (χ2n) is 8.76. The third kappa shape index (κ3) is 3.91. The molecule has 1 aliphatic rings. The third-order valence-electron chi connectivity index (χ3n) is 6.36. The standard InChI is InChI=1S/C26H24ClN5O4/c1-30(2)26(35)23(33)19-13-28-21-11-22(36-3)18(10-17(19)21)25(34)31-8-9-32-15(14-31)12-29-24(32)16-6-4-5-7-20(16)27/h4-7,10-13,28H,8-9,14H2,1-3H3. The summed E-state index contributed by atoms with van der Waals surface area (Å²) in [6, 6.07) is 10.8. The quantitative estimate of drug-likeness (QED) is 0.330. The number of methoxy groups -OCH3 is 1. The van der Waals surface area contributed by atoms with Gasteiger partial charge < -0.3 is 24.1 Å². The number of aromatic nitrogens is 3. The van der Waals surface area contributed by atoms with Crippen LogP contribution in [-0.4, -0.2) is 69.7 Å². The molecule has 0 radical (unpaired) electrons. The first kappa shape index (κ1) is 23.6. The lowest BCUT2D eigenvalue weighted by Crippen LogP contribution is -2.38. The molecule has 9 nitrogen and oxygen atoms in total. The highest BCUT2D eigenvalue weighted by Crippen LogP contribution is 2.32. The van der Waals surface area contributed by atoms with E-state index < -0.39 is 11.7 Å². The van der Waals surface area contributed by atoms with Gasteiger partial charge in [-0.05, 0) is 18.2 Å². The van der Waals surface area contributed by atoms with Gasteiger partial charge in [-0.15, -0.1) is 0 Å². The van der Waals surface area contributed by atoms with E-state index in [0.29, 0.717) is 46.9 Å². The molecule has 0 atom stereocenters. The predicted octanol–water partition coefficient (Wildman–Crippen LogP) is 3.62. The molecule has 0 fully saturated rings. The maximum atomic E-state index is 13.6. The lowest BCUT2D eigenvalue weighted by Gasteiger charge is -2.29. The van der Waals surface area contributed by atoms with E-state index in [9.17, 15) is 14.4 Å². The first-order valence-corrected chi connectivity index (χ1v) is 11.7. The molecule has 36 heavy (non-hydrogen) atoms. The van der Waals surface area contributed by atoms with Gasteiger partial charge in [0.15, 0.2) is 0 Å². The number of amides is 2. The van der Waals surface area contributed by atoms with Crippen molar-refractivity contribution >= 4 is 40.1 Å². The molecule has 184 valence electrons. The molecule has 1 N–H and O–H groups in total. The van der Waals surface area contributed by atoms with Crippen molar-refractivity contribution in [1.82, 2.24) is 24.3 Å². The Morgan fingerprint density at radius 1 is 1.11 bits per heavy atom. The van der Waals surface area contributed by atoms with Gasteiger partial charge in [0, 0.05) is 55.9 Å². The fraction of sp³-hybridized carbons (Fsp3) is 0.231. The number of benzene rings is 2. The van der Waals surface area contributed by atoms with E-state index in [4.69, 9.17) is 16.3 Å². The summed E-state index contributed by atoms with van der Waals surface area (Å²) in [6.45, 7) is 1.37. The molecule has 0 unspecified atom stereocenters. The number of fused-ring (bicyclic) bond motifs is 2. The Labute approximate surface area is 212 Å². The zero-order chi connectivity index (χ0) is 25.6. The number of H-pyrrole nitrogens is 1. The predicted molar refractivity (Wildman–Crippen MR) is 135 cm³/mol. The van der Waals surface area contributed by atoms with Gasteiger partial charge in [0.05, 0.1) is 41.7 Å². The van der Waals surface area contributed by atoms with E-state index >= 15 is 0 Å². The van der Waals surface area contributed by atoms with E-state index in [1.165, 1.54) is 32.3 Å². The number of carbonyl (C=O) groups excluding carboxylic acids is 3. The average molecular weight is 506 g/mol. The van der Waals surface area contributed by atoms with Crippen molar-refractivity contribution in [1.29, 1.82) is 0 Å². The number of likely N-dealkylation sites (N-methyl/N-ethyl adjacent to an activating group) is 1. The van der Waals surface area contributed by atoms with Crippen LogP contribution in [0.5, 0.6) is 5.75 Å². The van der Waals surface area contributed by atoms with Crippen molar-refractivity contribution in [3.05, 3.63) is 70.6 Å². The summed E-state index contributed by atoms with van der Waals surface area (Å²) in [5, 5.41) is 1.11. The van der Waals surface area contributed by atoms with Gasteiger partial charge in [0.1, 0.15) is 11.6 Å². The smallest absolute Gasteiger partial charge is 0.294 e. The van der Waals surface area contributed by atoms with Gasteiger partial charge in [0.2, 0.25) is 0 Å². The summed E-state index contributed by atoms with van der Waals surface area (Å²) in [5.74, 6) is -0.383. The third-order valence-corrected chi connectivity index (χ3v) is 6.69. The zero-order valence-corrected chi connectivity index (χ0v) is 20.8. The Kier molecular flexibility index (Phi) is 6.01. The Morgan fingerprint density at radius 2 is 1.89 bits per heavy atom. The number of rotatable bonds is 5. The highest BCUT2D eigenvalue weighted by atomic mass is 35.5. The number of ether oxygens (including phenoxy) is 1. The number of halogens is 1. The number of nitrogens with one attached hydrogen (secondary N) is 1. The fourth-order valence-electron chi connectivity index (χ4n) is 4.48. The molecule has 0 aliphatic carbocycles. The number of imidazole rings is 1. The van der Waals surface area contributed by atoms with Crippen LogP contribution in [0, 0.1) is 0 Å². The van der Waals surface area contributed by atoms with Crippen molar-refractivity contribution < 1.29 is 19.1 Å². The molecule has 4 aromatic rings. The number of ketones is 1. The molecule has 2 aromatic carbocycles. The SMILES string of the molecule is COc1cc2[nH]cc(C(=O)C(=O)N(C)C)c2cc1C(=O)N1CCn2c(cnc2-c2ccccc2Cl)C1. The lowest BCUT2D eigenvalue weighted by atomic mass is 10.0. The Hall–Kier alpha value is -4.11. The van der Waals surface area contributed by atoms with Crippen LogP contribution < -0.4 is 4.74 Å². The number of Topliss-reactive ketones (excluding diaryl/α,β-unsaturated/α-hetero) is 1. The molecule has 2 aromatic heterocycles. The van der Waals surface area contributed by atoms with Crippen LogP contribution in [0.15, 0.2) is 48.8 Å². The normalized spacial score (nSPS) is 12.9. The Bertz CT molecular complexity index is 1520. The number of hydrogen-bond donors (Lipinski definition) is 1. The van der Waals surface area contributed by atoms with Crippen LogP contribution >= 0.6 is 11.6 Å². The van der Waals surface area contributed by atoms with Crippen molar-refractivity contribution in [3.8, 4) is 17.1 Å². The van der Waals surface area contributed by atoms with Crippen molar-refractivity contribution in [2.75, 3.05) is 27.7 Å². The molecule has 5 rings (SSSR count). The van der Waals surface area contributed by atoms with Crippen LogP contribution in [0.2, 0.25) is 5.02 Å². The van der Waals surface area contributed by atoms with Gasteiger partial charge in [-0.1, -0.05) is 23.7 Å². The maximum absolute atomic E-state index is 13.6. The zero-order valence-electron chi connectivity index (χ0n) is 20.0. The summed E-state index contributed by atoms with van der Waals surface area (Å²) in [5.41, 5.74) is 2.85. The number of hydrogen-bond acceptors (Lipinski definition) is 5. The van der Waals surface area contributed by atoms with E-state index in [2.05, 4.69) is 14.5 Å². The summed E-state index contributed by atoms with van der Waals surface area (Å²) in [4.78, 5) is 49.1. The maximum Gasteiger partial charge on any atom is 0.294 e. The Morgan fingerprint density at radius 3 is 2.61 bits per heavy atom. The van der Waals surface area contributed by atoms with Crippen LogP contribution in [0.3, 0.4) is 0 Å². The van der Waals surface area contributed by atoms with Crippen LogP contribution in [-0.2, 0) is 17.9 Å². The van der Waals surface area contributed by atoms with Crippen molar-refractivity contribution in [2.24, 2.45) is 0 Å². The summed E-state index contributed by atoms with van der Waals surface area (Å²) in [6.07, 6.45) is 3.24. The topological polar surface area (TPSA) is 101 Å². The van der Waals surface area contributed by atoms with Crippen molar-refractivity contribution in [2.45, 2.75) is 13.1 Å². The van der Waals surface area contributed by atoms with Gasteiger partial charge in [0.25, 0.3) is 17.6 Å². The molecule has 2 amide bonds. The molecular formula is C26H24ClN5O4. The number of nitrogens with zero attached hydrogens (tertiary/aromatic N) is 4. The molecule has 3 heterocycles. The second kappa shape index (κ2) is 9.16. The average Bonchev–Trinajstić information content (AvgIpc) is 3.50. The molecule has 0 saturated heterocycles. The molecular weight excluding hydrogens is 482 g/mol. The minimum Gasteiger partial charge on any atom is -0.496 e. The van der Waals surface area contributed by atoms with Gasteiger partial charge in [-0.25, -0.2) is 4.98 Å². The van der Waals surface area contributed by atoms with E-state index in [1.807, 2.05) is 24.3 Å². The number of aromatic amines is 1. The minimum atomic E-state index is -0.649. The Balaban J connectivity index is 1.47. The molecule has 10 heteroatoms. The molecule has 0 spiro atoms. The molecule has 0 bridgehead atoms. The summed E-state index contributed by atoms with van der Waals surface area (Å²) >= 11 is 6.38.